The number of aromatic nitrogens is 1. The van der Waals surface area contributed by atoms with Gasteiger partial charge in [0.05, 0.1) is 5.69 Å². The molecule has 1 rings (SSSR count). The van der Waals surface area contributed by atoms with Gasteiger partial charge in [-0.2, -0.15) is 0 Å². The van der Waals surface area contributed by atoms with Crippen LogP contribution in [0.3, 0.4) is 0 Å². The molecule has 0 aliphatic carbocycles. The van der Waals surface area contributed by atoms with E-state index in [4.69, 9.17) is 0 Å². The van der Waals surface area contributed by atoms with E-state index in [2.05, 4.69) is 38.9 Å². The third-order valence-electron chi connectivity index (χ3n) is 2.23. The minimum Gasteiger partial charge on any atom is -0.256 e. The van der Waals surface area contributed by atoms with Crippen LogP contribution in [0.1, 0.15) is 37.6 Å². The van der Waals surface area contributed by atoms with Gasteiger partial charge >= 0.3 is 0 Å². The SMILES string of the molecule is C=Cc1nccc(C(C)(C)C)c1C=C. The summed E-state index contributed by atoms with van der Waals surface area (Å²) in [5.41, 5.74) is 3.38. The first-order valence-corrected chi connectivity index (χ1v) is 4.75. The minimum atomic E-state index is 0.115. The van der Waals surface area contributed by atoms with Gasteiger partial charge in [0.15, 0.2) is 0 Å². The lowest BCUT2D eigenvalue weighted by atomic mass is 9.83. The summed E-state index contributed by atoms with van der Waals surface area (Å²) >= 11 is 0. The van der Waals surface area contributed by atoms with Crippen molar-refractivity contribution in [3.63, 3.8) is 0 Å². The van der Waals surface area contributed by atoms with Gasteiger partial charge in [0, 0.05) is 11.8 Å². The van der Waals surface area contributed by atoms with Gasteiger partial charge in [0.25, 0.3) is 0 Å². The van der Waals surface area contributed by atoms with E-state index in [9.17, 15) is 0 Å². The lowest BCUT2D eigenvalue weighted by Crippen LogP contribution is -2.14. The molecule has 0 fully saturated rings. The van der Waals surface area contributed by atoms with Crippen LogP contribution in [-0.4, -0.2) is 4.98 Å². The van der Waals surface area contributed by atoms with Crippen LogP contribution in [0, 0.1) is 0 Å². The van der Waals surface area contributed by atoms with Crippen LogP contribution in [0.2, 0.25) is 0 Å². The first-order chi connectivity index (χ1) is 6.50. The average Bonchev–Trinajstić information content (AvgIpc) is 2.15. The highest BCUT2D eigenvalue weighted by Gasteiger charge is 2.17. The summed E-state index contributed by atoms with van der Waals surface area (Å²) < 4.78 is 0. The standard InChI is InChI=1S/C13H17N/c1-6-10-11(13(3,4)5)8-9-14-12(10)7-2/h6-9H,1-2H2,3-5H3. The van der Waals surface area contributed by atoms with Crippen molar-refractivity contribution in [2.45, 2.75) is 26.2 Å². The predicted octanol–water partition coefficient (Wildman–Crippen LogP) is 3.67. The molecular formula is C13H17N. The molecular weight excluding hydrogens is 170 g/mol. The highest BCUT2D eigenvalue weighted by Crippen LogP contribution is 2.27. The van der Waals surface area contributed by atoms with Crippen molar-refractivity contribution < 1.29 is 0 Å². The molecule has 0 spiro atoms. The van der Waals surface area contributed by atoms with E-state index in [-0.39, 0.29) is 5.41 Å². The Morgan fingerprint density at radius 2 is 1.86 bits per heavy atom. The van der Waals surface area contributed by atoms with Gasteiger partial charge in [-0.05, 0) is 23.1 Å². The maximum absolute atomic E-state index is 4.25. The fourth-order valence-corrected chi connectivity index (χ4v) is 1.52. The van der Waals surface area contributed by atoms with Crippen LogP contribution < -0.4 is 0 Å². The van der Waals surface area contributed by atoms with Gasteiger partial charge in [0.2, 0.25) is 0 Å². The number of hydrogen-bond acceptors (Lipinski definition) is 1. The fourth-order valence-electron chi connectivity index (χ4n) is 1.52. The Balaban J connectivity index is 3.44. The second-order valence-corrected chi connectivity index (χ2v) is 4.32. The topological polar surface area (TPSA) is 12.9 Å². The maximum atomic E-state index is 4.25. The largest absolute Gasteiger partial charge is 0.256 e. The minimum absolute atomic E-state index is 0.115. The van der Waals surface area contributed by atoms with E-state index in [0.717, 1.165) is 11.3 Å². The quantitative estimate of drug-likeness (QED) is 0.688. The summed E-state index contributed by atoms with van der Waals surface area (Å²) in [5.74, 6) is 0. The molecule has 1 aromatic heterocycles. The molecule has 0 unspecified atom stereocenters. The van der Waals surface area contributed by atoms with Crippen molar-refractivity contribution in [3.8, 4) is 0 Å². The van der Waals surface area contributed by atoms with Crippen molar-refractivity contribution in [1.29, 1.82) is 0 Å². The highest BCUT2D eigenvalue weighted by molar-refractivity contribution is 5.64. The predicted molar refractivity (Wildman–Crippen MR) is 63.1 cm³/mol. The summed E-state index contributed by atoms with van der Waals surface area (Å²) in [4.78, 5) is 4.25. The molecule has 0 radical (unpaired) electrons. The number of nitrogens with zero attached hydrogens (tertiary/aromatic N) is 1. The fraction of sp³-hybridized carbons (Fsp3) is 0.308. The smallest absolute Gasteiger partial charge is 0.0698 e. The first kappa shape index (κ1) is 10.7. The van der Waals surface area contributed by atoms with E-state index in [1.54, 1.807) is 6.08 Å². The van der Waals surface area contributed by atoms with Crippen LogP contribution in [0.15, 0.2) is 25.4 Å². The molecule has 14 heavy (non-hydrogen) atoms. The molecule has 0 aromatic carbocycles. The Labute approximate surface area is 86.2 Å². The summed E-state index contributed by atoms with van der Waals surface area (Å²) in [6.45, 7) is 14.1. The van der Waals surface area contributed by atoms with Gasteiger partial charge in [0.1, 0.15) is 0 Å². The van der Waals surface area contributed by atoms with E-state index in [0.29, 0.717) is 0 Å². The number of hydrogen-bond donors (Lipinski definition) is 0. The van der Waals surface area contributed by atoms with Gasteiger partial charge in [-0.3, -0.25) is 4.98 Å². The third kappa shape index (κ3) is 1.92. The van der Waals surface area contributed by atoms with Crippen LogP contribution in [-0.2, 0) is 5.41 Å². The average molecular weight is 187 g/mol. The van der Waals surface area contributed by atoms with E-state index < -0.39 is 0 Å². The molecule has 1 aromatic rings. The molecule has 0 amide bonds. The summed E-state index contributed by atoms with van der Waals surface area (Å²) in [6, 6.07) is 2.05. The Hall–Kier alpha value is -1.37. The maximum Gasteiger partial charge on any atom is 0.0698 e. The third-order valence-corrected chi connectivity index (χ3v) is 2.23. The molecule has 1 heteroatoms. The van der Waals surface area contributed by atoms with Crippen molar-refractivity contribution in [3.05, 3.63) is 42.2 Å². The second-order valence-electron chi connectivity index (χ2n) is 4.32. The summed E-state index contributed by atoms with van der Waals surface area (Å²) in [6.07, 6.45) is 5.45. The molecule has 1 heterocycles. The number of pyridine rings is 1. The molecule has 1 nitrogen and oxygen atoms in total. The lowest BCUT2D eigenvalue weighted by molar-refractivity contribution is 0.588. The van der Waals surface area contributed by atoms with E-state index in [1.165, 1.54) is 5.56 Å². The summed E-state index contributed by atoms with van der Waals surface area (Å²) in [7, 11) is 0. The molecule has 0 aliphatic heterocycles. The zero-order valence-corrected chi connectivity index (χ0v) is 9.17. The van der Waals surface area contributed by atoms with E-state index >= 15 is 0 Å². The second kappa shape index (κ2) is 3.79. The first-order valence-electron chi connectivity index (χ1n) is 4.75. The molecule has 0 N–H and O–H groups in total. The molecule has 0 saturated heterocycles. The molecule has 0 saturated carbocycles. The molecule has 0 aliphatic rings. The van der Waals surface area contributed by atoms with Crippen LogP contribution in [0.5, 0.6) is 0 Å². The van der Waals surface area contributed by atoms with Gasteiger partial charge in [-0.15, -0.1) is 0 Å². The Bertz CT molecular complexity index is 356. The highest BCUT2D eigenvalue weighted by atomic mass is 14.7. The molecule has 0 atom stereocenters. The van der Waals surface area contributed by atoms with Crippen molar-refractivity contribution >= 4 is 12.2 Å². The van der Waals surface area contributed by atoms with E-state index in [1.807, 2.05) is 18.3 Å². The van der Waals surface area contributed by atoms with Gasteiger partial charge in [-0.25, -0.2) is 0 Å². The van der Waals surface area contributed by atoms with Crippen LogP contribution in [0.25, 0.3) is 12.2 Å². The normalized spacial score (nSPS) is 11.1. The van der Waals surface area contributed by atoms with Crippen LogP contribution >= 0.6 is 0 Å². The number of rotatable bonds is 2. The van der Waals surface area contributed by atoms with Crippen molar-refractivity contribution in [1.82, 2.24) is 4.98 Å². The lowest BCUT2D eigenvalue weighted by Gasteiger charge is -2.22. The molecule has 74 valence electrons. The Morgan fingerprint density at radius 1 is 1.21 bits per heavy atom. The van der Waals surface area contributed by atoms with Crippen LogP contribution in [0.4, 0.5) is 0 Å². The van der Waals surface area contributed by atoms with Gasteiger partial charge in [-0.1, -0.05) is 40.0 Å². The Morgan fingerprint density at radius 3 is 2.29 bits per heavy atom. The summed E-state index contributed by atoms with van der Waals surface area (Å²) in [5, 5.41) is 0. The van der Waals surface area contributed by atoms with Crippen molar-refractivity contribution in [2.75, 3.05) is 0 Å². The molecule has 0 bridgehead atoms. The Kier molecular flexibility index (Phi) is 2.90. The zero-order chi connectivity index (χ0) is 10.8. The zero-order valence-electron chi connectivity index (χ0n) is 9.17. The van der Waals surface area contributed by atoms with Gasteiger partial charge < -0.3 is 0 Å². The monoisotopic (exact) mass is 187 g/mol. The van der Waals surface area contributed by atoms with Crippen molar-refractivity contribution in [2.24, 2.45) is 0 Å².